The number of fused-ring (bicyclic) bond motifs is 1. The Balaban J connectivity index is 1.71. The van der Waals surface area contributed by atoms with Crippen molar-refractivity contribution in [2.45, 2.75) is 20.3 Å². The van der Waals surface area contributed by atoms with Crippen LogP contribution in [0.5, 0.6) is 0 Å². The first-order valence-corrected chi connectivity index (χ1v) is 9.72. The number of nitrogens with zero attached hydrogens (tertiary/aromatic N) is 1. The first-order chi connectivity index (χ1) is 13.1. The van der Waals surface area contributed by atoms with E-state index < -0.39 is 0 Å². The van der Waals surface area contributed by atoms with Gasteiger partial charge in [-0.25, -0.2) is 4.98 Å². The molecule has 0 aliphatic heterocycles. The van der Waals surface area contributed by atoms with Crippen LogP contribution in [0.4, 0.5) is 5.82 Å². The Hall–Kier alpha value is -2.98. The van der Waals surface area contributed by atoms with Crippen LogP contribution in [-0.4, -0.2) is 10.9 Å². The first-order valence-electron chi connectivity index (χ1n) is 8.90. The Kier molecular flexibility index (Phi) is 4.73. The number of carbonyl (C=O) groups is 1. The largest absolute Gasteiger partial charge is 0.306 e. The molecule has 2 aromatic carbocycles. The Labute approximate surface area is 162 Å². The molecular weight excluding hydrogens is 352 g/mol. The third-order valence-electron chi connectivity index (χ3n) is 4.56. The Morgan fingerprint density at radius 2 is 1.70 bits per heavy atom. The summed E-state index contributed by atoms with van der Waals surface area (Å²) in [4.78, 5) is 18.0. The highest BCUT2D eigenvalue weighted by molar-refractivity contribution is 7.21. The number of benzene rings is 2. The van der Waals surface area contributed by atoms with Crippen LogP contribution in [0, 0.1) is 13.8 Å². The van der Waals surface area contributed by atoms with Crippen molar-refractivity contribution in [3.05, 3.63) is 94.0 Å². The van der Waals surface area contributed by atoms with E-state index in [0.717, 1.165) is 32.5 Å². The molecule has 0 radical (unpaired) electrons. The molecule has 0 saturated carbocycles. The van der Waals surface area contributed by atoms with Crippen LogP contribution in [0.3, 0.4) is 0 Å². The maximum atomic E-state index is 13.0. The van der Waals surface area contributed by atoms with Crippen molar-refractivity contribution in [1.29, 1.82) is 0 Å². The van der Waals surface area contributed by atoms with Gasteiger partial charge in [0.2, 0.25) is 0 Å². The zero-order valence-corrected chi connectivity index (χ0v) is 16.1. The third kappa shape index (κ3) is 3.76. The number of hydrogen-bond acceptors (Lipinski definition) is 3. The van der Waals surface area contributed by atoms with Gasteiger partial charge in [-0.05, 0) is 54.5 Å². The summed E-state index contributed by atoms with van der Waals surface area (Å²) in [6.45, 7) is 4.06. The molecule has 0 atom stereocenters. The number of aryl methyl sites for hydroxylation is 2. The number of rotatable bonds is 4. The van der Waals surface area contributed by atoms with Gasteiger partial charge in [0.25, 0.3) is 5.91 Å². The smallest absolute Gasteiger partial charge is 0.267 e. The lowest BCUT2D eigenvalue weighted by atomic mass is 10.0. The van der Waals surface area contributed by atoms with E-state index >= 15 is 0 Å². The van der Waals surface area contributed by atoms with Crippen LogP contribution in [0.2, 0.25) is 0 Å². The van der Waals surface area contributed by atoms with Gasteiger partial charge in [0.15, 0.2) is 0 Å². The summed E-state index contributed by atoms with van der Waals surface area (Å²) in [5.41, 5.74) is 4.57. The average molecular weight is 372 g/mol. The molecule has 0 bridgehead atoms. The summed E-state index contributed by atoms with van der Waals surface area (Å²) in [6, 6.07) is 20.5. The molecule has 1 N–H and O–H groups in total. The highest BCUT2D eigenvalue weighted by Gasteiger charge is 2.19. The number of anilines is 1. The molecule has 27 heavy (non-hydrogen) atoms. The molecule has 0 spiro atoms. The maximum Gasteiger partial charge on any atom is 0.267 e. The Bertz CT molecular complexity index is 1100. The van der Waals surface area contributed by atoms with Crippen molar-refractivity contribution in [3.8, 4) is 0 Å². The molecule has 2 heterocycles. The number of carbonyl (C=O) groups excluding carboxylic acids is 1. The number of aromatic nitrogens is 1. The lowest BCUT2D eigenvalue weighted by Gasteiger charge is -2.07. The van der Waals surface area contributed by atoms with Gasteiger partial charge >= 0.3 is 0 Å². The van der Waals surface area contributed by atoms with Crippen LogP contribution in [0.1, 0.15) is 31.9 Å². The van der Waals surface area contributed by atoms with E-state index in [9.17, 15) is 4.79 Å². The van der Waals surface area contributed by atoms with Gasteiger partial charge in [0.05, 0.1) is 4.88 Å². The molecule has 1 amide bonds. The maximum absolute atomic E-state index is 13.0. The molecule has 0 aliphatic carbocycles. The van der Waals surface area contributed by atoms with Gasteiger partial charge in [-0.2, -0.15) is 0 Å². The zero-order chi connectivity index (χ0) is 18.8. The predicted octanol–water partition coefficient (Wildman–Crippen LogP) is 5.76. The van der Waals surface area contributed by atoms with E-state index in [0.29, 0.717) is 5.82 Å². The highest BCUT2D eigenvalue weighted by Crippen LogP contribution is 2.33. The van der Waals surface area contributed by atoms with Gasteiger partial charge < -0.3 is 5.32 Å². The summed E-state index contributed by atoms with van der Waals surface area (Å²) in [7, 11) is 0. The monoisotopic (exact) mass is 372 g/mol. The van der Waals surface area contributed by atoms with Gasteiger partial charge in [0.1, 0.15) is 5.82 Å². The highest BCUT2D eigenvalue weighted by atomic mass is 32.1. The molecule has 0 aliphatic rings. The van der Waals surface area contributed by atoms with E-state index in [4.69, 9.17) is 0 Å². The minimum Gasteiger partial charge on any atom is -0.306 e. The third-order valence-corrected chi connectivity index (χ3v) is 5.77. The summed E-state index contributed by atoms with van der Waals surface area (Å²) >= 11 is 1.54. The zero-order valence-electron chi connectivity index (χ0n) is 15.3. The molecule has 4 heteroatoms. The van der Waals surface area contributed by atoms with Crippen LogP contribution < -0.4 is 5.32 Å². The van der Waals surface area contributed by atoms with Crippen molar-refractivity contribution >= 4 is 33.1 Å². The average Bonchev–Trinajstić information content (AvgIpc) is 3.04. The Morgan fingerprint density at radius 3 is 2.44 bits per heavy atom. The van der Waals surface area contributed by atoms with Crippen molar-refractivity contribution in [1.82, 2.24) is 4.98 Å². The van der Waals surface area contributed by atoms with Gasteiger partial charge in [-0.1, -0.05) is 54.1 Å². The Morgan fingerprint density at radius 1 is 0.963 bits per heavy atom. The lowest BCUT2D eigenvalue weighted by molar-refractivity contribution is 0.102. The van der Waals surface area contributed by atoms with Crippen molar-refractivity contribution in [3.63, 3.8) is 0 Å². The van der Waals surface area contributed by atoms with Gasteiger partial charge in [-0.3, -0.25) is 4.79 Å². The molecule has 0 unspecified atom stereocenters. The topological polar surface area (TPSA) is 42.0 Å². The van der Waals surface area contributed by atoms with Crippen LogP contribution >= 0.6 is 11.3 Å². The molecule has 3 nitrogen and oxygen atoms in total. The lowest BCUT2D eigenvalue weighted by Crippen LogP contribution is -2.13. The first kappa shape index (κ1) is 17.4. The van der Waals surface area contributed by atoms with Crippen LogP contribution in [-0.2, 0) is 6.42 Å². The number of amides is 1. The fourth-order valence-electron chi connectivity index (χ4n) is 3.08. The summed E-state index contributed by atoms with van der Waals surface area (Å²) in [5, 5.41) is 4.09. The summed E-state index contributed by atoms with van der Waals surface area (Å²) in [6.07, 6.45) is 2.49. The van der Waals surface area contributed by atoms with Crippen molar-refractivity contribution in [2.75, 3.05) is 5.32 Å². The molecule has 2 aromatic heterocycles. The molecule has 134 valence electrons. The standard InChI is InChI=1S/C23H20N2OS/c1-15-7-10-17(11-8-15)13-19-18-5-3-4-6-20(18)27-22(19)23(26)25-21-12-9-16(2)14-24-21/h3-12,14H,13H2,1-2H3,(H,24,25,26). The second-order valence-electron chi connectivity index (χ2n) is 6.74. The second kappa shape index (κ2) is 7.33. The molecule has 0 fully saturated rings. The fourth-order valence-corrected chi connectivity index (χ4v) is 4.20. The SMILES string of the molecule is Cc1ccc(Cc2c(C(=O)Nc3ccc(C)cn3)sc3ccccc23)cc1. The molecule has 4 aromatic rings. The van der Waals surface area contributed by atoms with E-state index in [1.165, 1.54) is 22.5 Å². The fraction of sp³-hybridized carbons (Fsp3) is 0.130. The van der Waals surface area contributed by atoms with E-state index in [-0.39, 0.29) is 5.91 Å². The second-order valence-corrected chi connectivity index (χ2v) is 7.80. The van der Waals surface area contributed by atoms with E-state index in [1.807, 2.05) is 31.2 Å². The van der Waals surface area contributed by atoms with Crippen molar-refractivity contribution in [2.24, 2.45) is 0 Å². The predicted molar refractivity (Wildman–Crippen MR) is 113 cm³/mol. The number of thiophene rings is 1. The normalized spacial score (nSPS) is 10.9. The van der Waals surface area contributed by atoms with Crippen molar-refractivity contribution < 1.29 is 4.79 Å². The van der Waals surface area contributed by atoms with Crippen LogP contribution in [0.25, 0.3) is 10.1 Å². The summed E-state index contributed by atoms with van der Waals surface area (Å²) in [5.74, 6) is 0.471. The quantitative estimate of drug-likeness (QED) is 0.495. The molecular formula is C23H20N2OS. The number of hydrogen-bond donors (Lipinski definition) is 1. The number of pyridine rings is 1. The van der Waals surface area contributed by atoms with Gasteiger partial charge in [-0.15, -0.1) is 11.3 Å². The summed E-state index contributed by atoms with van der Waals surface area (Å²) < 4.78 is 1.13. The minimum absolute atomic E-state index is 0.102. The number of nitrogens with one attached hydrogen (secondary N) is 1. The minimum atomic E-state index is -0.102. The van der Waals surface area contributed by atoms with E-state index in [2.05, 4.69) is 53.6 Å². The van der Waals surface area contributed by atoms with Crippen LogP contribution in [0.15, 0.2) is 66.9 Å². The van der Waals surface area contributed by atoms with E-state index in [1.54, 1.807) is 6.20 Å². The molecule has 4 rings (SSSR count). The van der Waals surface area contributed by atoms with Gasteiger partial charge in [0, 0.05) is 10.9 Å². The molecule has 0 saturated heterocycles.